The first kappa shape index (κ1) is 15.4. The molecule has 104 valence electrons. The Labute approximate surface area is 113 Å². The number of carbonyl (C=O) groups is 2. The van der Waals surface area contributed by atoms with E-state index in [-0.39, 0.29) is 24.0 Å². The zero-order valence-corrected chi connectivity index (χ0v) is 11.6. The smallest absolute Gasteiger partial charge is 0.303 e. The van der Waals surface area contributed by atoms with Crippen molar-refractivity contribution in [2.75, 3.05) is 0 Å². The number of carboxylic acids is 1. The van der Waals surface area contributed by atoms with Gasteiger partial charge in [-0.15, -0.1) is 0 Å². The molecule has 0 aliphatic carbocycles. The van der Waals surface area contributed by atoms with Crippen LogP contribution in [0.2, 0.25) is 0 Å². The summed E-state index contributed by atoms with van der Waals surface area (Å²) in [5, 5.41) is 8.57. The SMILES string of the molecule is CC(C)(C)c1ccc(C(=O)C(N)CCC(=O)O)cc1. The van der Waals surface area contributed by atoms with Crippen molar-refractivity contribution in [3.8, 4) is 0 Å². The molecule has 4 heteroatoms. The highest BCUT2D eigenvalue weighted by Crippen LogP contribution is 2.22. The number of nitrogens with two attached hydrogens (primary N) is 1. The number of benzene rings is 1. The summed E-state index contributed by atoms with van der Waals surface area (Å²) >= 11 is 0. The van der Waals surface area contributed by atoms with Gasteiger partial charge in [-0.25, -0.2) is 0 Å². The second-order valence-corrected chi connectivity index (χ2v) is 5.73. The van der Waals surface area contributed by atoms with E-state index in [2.05, 4.69) is 20.8 Å². The Morgan fingerprint density at radius 2 is 1.74 bits per heavy atom. The van der Waals surface area contributed by atoms with Gasteiger partial charge in [0.1, 0.15) is 0 Å². The normalized spacial score (nSPS) is 13.1. The van der Waals surface area contributed by atoms with E-state index in [0.717, 1.165) is 5.56 Å². The van der Waals surface area contributed by atoms with Gasteiger partial charge in [0, 0.05) is 12.0 Å². The van der Waals surface area contributed by atoms with Gasteiger partial charge in [0.15, 0.2) is 5.78 Å². The first-order valence-corrected chi connectivity index (χ1v) is 6.34. The number of carboxylic acid groups (broad SMARTS) is 1. The minimum Gasteiger partial charge on any atom is -0.481 e. The lowest BCUT2D eigenvalue weighted by Crippen LogP contribution is -2.31. The molecular formula is C15H21NO3. The van der Waals surface area contributed by atoms with E-state index >= 15 is 0 Å². The maximum absolute atomic E-state index is 12.0. The molecule has 1 atom stereocenters. The Hall–Kier alpha value is -1.68. The predicted octanol–water partition coefficient (Wildman–Crippen LogP) is 2.36. The van der Waals surface area contributed by atoms with Crippen LogP contribution in [0.5, 0.6) is 0 Å². The summed E-state index contributed by atoms with van der Waals surface area (Å²) in [5.74, 6) is -1.15. The third-order valence-corrected chi connectivity index (χ3v) is 3.04. The average molecular weight is 263 g/mol. The molecule has 1 aromatic rings. The Kier molecular flexibility index (Phi) is 4.84. The third-order valence-electron chi connectivity index (χ3n) is 3.04. The summed E-state index contributed by atoms with van der Waals surface area (Å²) in [5.41, 5.74) is 7.42. The Morgan fingerprint density at radius 1 is 1.21 bits per heavy atom. The summed E-state index contributed by atoms with van der Waals surface area (Å²) in [6.45, 7) is 6.30. The van der Waals surface area contributed by atoms with Crippen LogP contribution >= 0.6 is 0 Å². The average Bonchev–Trinajstić information content (AvgIpc) is 2.34. The number of aliphatic carboxylic acids is 1. The zero-order chi connectivity index (χ0) is 14.6. The maximum atomic E-state index is 12.0. The lowest BCUT2D eigenvalue weighted by atomic mass is 9.86. The molecule has 0 aliphatic rings. The molecule has 0 aromatic heterocycles. The van der Waals surface area contributed by atoms with Gasteiger partial charge in [-0.1, -0.05) is 45.0 Å². The quantitative estimate of drug-likeness (QED) is 0.799. The van der Waals surface area contributed by atoms with Crippen LogP contribution in [-0.2, 0) is 10.2 Å². The van der Waals surface area contributed by atoms with Crippen molar-refractivity contribution in [3.63, 3.8) is 0 Å². The van der Waals surface area contributed by atoms with Gasteiger partial charge in [0.25, 0.3) is 0 Å². The van der Waals surface area contributed by atoms with Gasteiger partial charge >= 0.3 is 5.97 Å². The highest BCUT2D eigenvalue weighted by atomic mass is 16.4. The molecule has 19 heavy (non-hydrogen) atoms. The second-order valence-electron chi connectivity index (χ2n) is 5.73. The molecule has 0 bridgehead atoms. The summed E-state index contributed by atoms with van der Waals surface area (Å²) in [7, 11) is 0. The van der Waals surface area contributed by atoms with E-state index in [0.29, 0.717) is 5.56 Å². The lowest BCUT2D eigenvalue weighted by Gasteiger charge is -2.19. The highest BCUT2D eigenvalue weighted by molar-refractivity contribution is 6.00. The van der Waals surface area contributed by atoms with E-state index in [1.54, 1.807) is 12.1 Å². The van der Waals surface area contributed by atoms with Gasteiger partial charge in [-0.05, 0) is 17.4 Å². The monoisotopic (exact) mass is 263 g/mol. The molecule has 1 rings (SSSR count). The van der Waals surface area contributed by atoms with Gasteiger partial charge in [-0.3, -0.25) is 9.59 Å². The number of hydrogen-bond acceptors (Lipinski definition) is 3. The lowest BCUT2D eigenvalue weighted by molar-refractivity contribution is -0.137. The van der Waals surface area contributed by atoms with Gasteiger partial charge < -0.3 is 10.8 Å². The maximum Gasteiger partial charge on any atom is 0.303 e. The molecule has 4 nitrogen and oxygen atoms in total. The number of ketones is 1. The number of Topliss-reactive ketones (excluding diaryl/α,β-unsaturated/α-hetero) is 1. The van der Waals surface area contributed by atoms with Crippen LogP contribution in [0.15, 0.2) is 24.3 Å². The molecule has 0 spiro atoms. The van der Waals surface area contributed by atoms with Crippen molar-refractivity contribution in [1.82, 2.24) is 0 Å². The van der Waals surface area contributed by atoms with Crippen LogP contribution in [-0.4, -0.2) is 22.9 Å². The zero-order valence-electron chi connectivity index (χ0n) is 11.6. The summed E-state index contributed by atoms with van der Waals surface area (Å²) in [6, 6.07) is 6.58. The predicted molar refractivity (Wildman–Crippen MR) is 74.3 cm³/mol. The number of rotatable bonds is 5. The van der Waals surface area contributed by atoms with Crippen LogP contribution in [0.1, 0.15) is 49.5 Å². The summed E-state index contributed by atoms with van der Waals surface area (Å²) in [6.07, 6.45) is 0.0716. The molecule has 1 unspecified atom stereocenters. The molecule has 0 heterocycles. The molecule has 0 fully saturated rings. The molecular weight excluding hydrogens is 242 g/mol. The van der Waals surface area contributed by atoms with Gasteiger partial charge in [0.2, 0.25) is 0 Å². The van der Waals surface area contributed by atoms with Crippen LogP contribution in [0.3, 0.4) is 0 Å². The highest BCUT2D eigenvalue weighted by Gasteiger charge is 2.18. The van der Waals surface area contributed by atoms with Gasteiger partial charge in [-0.2, -0.15) is 0 Å². The summed E-state index contributed by atoms with van der Waals surface area (Å²) in [4.78, 5) is 22.5. The van der Waals surface area contributed by atoms with E-state index < -0.39 is 12.0 Å². The van der Waals surface area contributed by atoms with E-state index in [9.17, 15) is 9.59 Å². The number of carbonyl (C=O) groups excluding carboxylic acids is 1. The van der Waals surface area contributed by atoms with Crippen molar-refractivity contribution in [1.29, 1.82) is 0 Å². The van der Waals surface area contributed by atoms with Crippen molar-refractivity contribution in [3.05, 3.63) is 35.4 Å². The van der Waals surface area contributed by atoms with Crippen LogP contribution in [0.25, 0.3) is 0 Å². The number of hydrogen-bond donors (Lipinski definition) is 2. The second kappa shape index (κ2) is 5.97. The first-order valence-electron chi connectivity index (χ1n) is 6.34. The van der Waals surface area contributed by atoms with Crippen molar-refractivity contribution >= 4 is 11.8 Å². The van der Waals surface area contributed by atoms with E-state index in [1.165, 1.54) is 0 Å². The third kappa shape index (κ3) is 4.48. The Balaban J connectivity index is 2.75. The Morgan fingerprint density at radius 3 is 2.16 bits per heavy atom. The van der Waals surface area contributed by atoms with Gasteiger partial charge in [0.05, 0.1) is 6.04 Å². The fourth-order valence-corrected chi connectivity index (χ4v) is 1.76. The van der Waals surface area contributed by atoms with E-state index in [4.69, 9.17) is 10.8 Å². The van der Waals surface area contributed by atoms with E-state index in [1.807, 2.05) is 12.1 Å². The van der Waals surface area contributed by atoms with Crippen LogP contribution in [0.4, 0.5) is 0 Å². The molecule has 3 N–H and O–H groups in total. The largest absolute Gasteiger partial charge is 0.481 e. The van der Waals surface area contributed by atoms with Crippen molar-refractivity contribution in [2.45, 2.75) is 45.1 Å². The summed E-state index contributed by atoms with van der Waals surface area (Å²) < 4.78 is 0. The molecule has 0 aliphatic heterocycles. The standard InChI is InChI=1S/C15H21NO3/c1-15(2,3)11-6-4-10(5-7-11)14(19)12(16)8-9-13(17)18/h4-7,12H,8-9,16H2,1-3H3,(H,17,18). The fourth-order valence-electron chi connectivity index (χ4n) is 1.76. The molecule has 0 radical (unpaired) electrons. The minimum atomic E-state index is -0.939. The molecule has 0 saturated heterocycles. The van der Waals surface area contributed by atoms with Crippen molar-refractivity contribution in [2.24, 2.45) is 5.73 Å². The molecule has 0 amide bonds. The van der Waals surface area contributed by atoms with Crippen LogP contribution < -0.4 is 5.73 Å². The van der Waals surface area contributed by atoms with Crippen LogP contribution in [0, 0.1) is 0 Å². The molecule has 0 saturated carbocycles. The Bertz CT molecular complexity index is 457. The minimum absolute atomic E-state index is 0.0347. The molecule has 1 aromatic carbocycles. The van der Waals surface area contributed by atoms with Crippen molar-refractivity contribution < 1.29 is 14.7 Å². The first-order chi connectivity index (χ1) is 8.71. The fraction of sp³-hybridized carbons (Fsp3) is 0.467. The topological polar surface area (TPSA) is 80.4 Å².